The third-order valence-electron chi connectivity index (χ3n) is 8.76. The number of aliphatic hydroxyl groups is 1. The SMILES string of the molecule is CCC(=O)O[C@]1(C(=O)CBr)CC[C@H]2[C@@H]3CCC4=CC(=O)C=C[C@]4(C)[C@H]3C(O)C[C@@]21C. The van der Waals surface area contributed by atoms with Crippen molar-refractivity contribution in [1.29, 1.82) is 0 Å². The standard InChI is InChI=1S/C24H31BrO5/c1-4-20(29)30-24(19(28)13-25)10-8-17-16-6-5-14-11-15(26)7-9-22(14,2)21(16)18(27)12-23(17,24)3/h7,9,11,16-18,21,27H,4-6,8,10,12-13H2,1-3H3/t16-,17-,18?,21+,22-,23-,24-/m0/s1. The maximum atomic E-state index is 13.2. The van der Waals surface area contributed by atoms with Crippen LogP contribution in [0.25, 0.3) is 0 Å². The number of carbonyl (C=O) groups excluding carboxylic acids is 3. The molecule has 7 atom stereocenters. The van der Waals surface area contributed by atoms with E-state index < -0.39 is 17.1 Å². The van der Waals surface area contributed by atoms with Crippen molar-refractivity contribution in [3.8, 4) is 0 Å². The third-order valence-corrected chi connectivity index (χ3v) is 9.27. The highest BCUT2D eigenvalue weighted by molar-refractivity contribution is 9.09. The second kappa shape index (κ2) is 7.40. The Kier molecular flexibility index (Phi) is 5.42. The predicted octanol–water partition coefficient (Wildman–Crippen LogP) is 3.92. The van der Waals surface area contributed by atoms with Crippen LogP contribution in [0, 0.1) is 28.6 Å². The molecule has 0 heterocycles. The van der Waals surface area contributed by atoms with Crippen molar-refractivity contribution in [2.24, 2.45) is 28.6 Å². The van der Waals surface area contributed by atoms with Crippen LogP contribution >= 0.6 is 15.9 Å². The summed E-state index contributed by atoms with van der Waals surface area (Å²) in [4.78, 5) is 37.5. The largest absolute Gasteiger partial charge is 0.450 e. The number of carbonyl (C=O) groups is 3. The highest BCUT2D eigenvalue weighted by Gasteiger charge is 2.70. The monoisotopic (exact) mass is 478 g/mol. The summed E-state index contributed by atoms with van der Waals surface area (Å²) in [6.07, 6.45) is 8.37. The van der Waals surface area contributed by atoms with Gasteiger partial charge in [-0.25, -0.2) is 0 Å². The molecule has 4 aliphatic carbocycles. The van der Waals surface area contributed by atoms with E-state index in [2.05, 4.69) is 22.9 Å². The van der Waals surface area contributed by atoms with Gasteiger partial charge in [-0.3, -0.25) is 14.4 Å². The number of Topliss-reactive ketones (excluding diaryl/α,β-unsaturated/α-hetero) is 1. The molecule has 4 rings (SSSR count). The maximum absolute atomic E-state index is 13.2. The van der Waals surface area contributed by atoms with Gasteiger partial charge in [0.2, 0.25) is 0 Å². The van der Waals surface area contributed by atoms with Gasteiger partial charge in [-0.05, 0) is 56.1 Å². The average Bonchev–Trinajstić information content (AvgIpc) is 3.00. The van der Waals surface area contributed by atoms with Crippen LogP contribution in [0.15, 0.2) is 23.8 Å². The summed E-state index contributed by atoms with van der Waals surface area (Å²) in [7, 11) is 0. The summed E-state index contributed by atoms with van der Waals surface area (Å²) in [5, 5.41) is 11.6. The Morgan fingerprint density at radius 3 is 2.70 bits per heavy atom. The van der Waals surface area contributed by atoms with E-state index in [1.54, 1.807) is 19.1 Å². The number of ketones is 2. The minimum atomic E-state index is -1.18. The second-order valence-electron chi connectivity index (χ2n) is 9.96. The minimum absolute atomic E-state index is 0.00308. The molecule has 6 heteroatoms. The van der Waals surface area contributed by atoms with Gasteiger partial charge in [0.25, 0.3) is 0 Å². The van der Waals surface area contributed by atoms with Crippen molar-refractivity contribution < 1.29 is 24.2 Å². The zero-order valence-corrected chi connectivity index (χ0v) is 19.5. The van der Waals surface area contributed by atoms with Gasteiger partial charge in [0.05, 0.1) is 11.4 Å². The van der Waals surface area contributed by atoms with E-state index in [0.29, 0.717) is 12.8 Å². The summed E-state index contributed by atoms with van der Waals surface area (Å²) in [6.45, 7) is 5.91. The third kappa shape index (κ3) is 2.85. The number of rotatable bonds is 4. The Labute approximate surface area is 186 Å². The maximum Gasteiger partial charge on any atom is 0.306 e. The van der Waals surface area contributed by atoms with Crippen LogP contribution in [-0.4, -0.2) is 39.7 Å². The van der Waals surface area contributed by atoms with Crippen molar-refractivity contribution >= 4 is 33.5 Å². The molecule has 0 aromatic heterocycles. The number of hydrogen-bond acceptors (Lipinski definition) is 5. The molecule has 0 saturated heterocycles. The molecular formula is C24H31BrO5. The Morgan fingerprint density at radius 2 is 2.03 bits per heavy atom. The lowest BCUT2D eigenvalue weighted by molar-refractivity contribution is -0.197. The Morgan fingerprint density at radius 1 is 1.30 bits per heavy atom. The molecule has 5 nitrogen and oxygen atoms in total. The normalized spacial score (nSPS) is 44.6. The van der Waals surface area contributed by atoms with Gasteiger partial charge in [-0.1, -0.05) is 48.4 Å². The fraction of sp³-hybridized carbons (Fsp3) is 0.708. The van der Waals surface area contributed by atoms with E-state index >= 15 is 0 Å². The minimum Gasteiger partial charge on any atom is -0.450 e. The van der Waals surface area contributed by atoms with Gasteiger partial charge in [0, 0.05) is 23.2 Å². The lowest BCUT2D eigenvalue weighted by atomic mass is 9.46. The van der Waals surface area contributed by atoms with Crippen LogP contribution in [0.5, 0.6) is 0 Å². The molecule has 0 radical (unpaired) electrons. The van der Waals surface area contributed by atoms with Crippen LogP contribution in [0.3, 0.4) is 0 Å². The summed E-state index contributed by atoms with van der Waals surface area (Å²) in [5.41, 5.74) is -1.02. The molecule has 3 saturated carbocycles. The fourth-order valence-electron chi connectivity index (χ4n) is 7.37. The first-order valence-electron chi connectivity index (χ1n) is 11.1. The average molecular weight is 479 g/mol. The van der Waals surface area contributed by atoms with E-state index in [-0.39, 0.29) is 52.5 Å². The van der Waals surface area contributed by atoms with Gasteiger partial charge in [-0.2, -0.15) is 0 Å². The molecule has 0 aliphatic heterocycles. The number of aliphatic hydroxyl groups excluding tert-OH is 1. The number of ether oxygens (including phenoxy) is 1. The molecule has 1 N–H and O–H groups in total. The highest BCUT2D eigenvalue weighted by atomic mass is 79.9. The molecule has 0 amide bonds. The molecule has 1 unspecified atom stereocenters. The highest BCUT2D eigenvalue weighted by Crippen LogP contribution is 2.67. The van der Waals surface area contributed by atoms with Gasteiger partial charge in [0.15, 0.2) is 17.2 Å². The first-order valence-corrected chi connectivity index (χ1v) is 12.2. The second-order valence-corrected chi connectivity index (χ2v) is 10.5. The summed E-state index contributed by atoms with van der Waals surface area (Å²) < 4.78 is 5.95. The van der Waals surface area contributed by atoms with E-state index in [4.69, 9.17) is 4.74 Å². The molecule has 30 heavy (non-hydrogen) atoms. The molecular weight excluding hydrogens is 448 g/mol. The van der Waals surface area contributed by atoms with Crippen molar-refractivity contribution in [3.63, 3.8) is 0 Å². The first kappa shape index (κ1) is 21.9. The molecule has 164 valence electrons. The number of halogens is 1. The Hall–Kier alpha value is -1.27. The summed E-state index contributed by atoms with van der Waals surface area (Å²) in [5.74, 6) is -0.0582. The fourth-order valence-corrected chi connectivity index (χ4v) is 7.82. The zero-order valence-electron chi connectivity index (χ0n) is 17.9. The summed E-state index contributed by atoms with van der Waals surface area (Å²) in [6, 6.07) is 0. The van der Waals surface area contributed by atoms with Gasteiger partial charge >= 0.3 is 5.97 Å². The first-order chi connectivity index (χ1) is 14.1. The molecule has 4 aliphatic rings. The van der Waals surface area contributed by atoms with E-state index in [1.807, 2.05) is 13.0 Å². The Balaban J connectivity index is 1.76. The lowest BCUT2D eigenvalue weighted by Gasteiger charge is -2.59. The van der Waals surface area contributed by atoms with Crippen LogP contribution < -0.4 is 0 Å². The summed E-state index contributed by atoms with van der Waals surface area (Å²) >= 11 is 3.30. The van der Waals surface area contributed by atoms with Crippen molar-refractivity contribution in [1.82, 2.24) is 0 Å². The Bertz CT molecular complexity index is 847. The van der Waals surface area contributed by atoms with E-state index in [9.17, 15) is 19.5 Å². The predicted molar refractivity (Wildman–Crippen MR) is 116 cm³/mol. The molecule has 0 bridgehead atoms. The van der Waals surface area contributed by atoms with Gasteiger partial charge in [-0.15, -0.1) is 0 Å². The number of alkyl halides is 1. The van der Waals surface area contributed by atoms with Gasteiger partial charge in [0.1, 0.15) is 0 Å². The van der Waals surface area contributed by atoms with Crippen molar-refractivity contribution in [2.45, 2.75) is 71.0 Å². The number of fused-ring (bicyclic) bond motifs is 5. The van der Waals surface area contributed by atoms with Crippen molar-refractivity contribution in [2.75, 3.05) is 5.33 Å². The van der Waals surface area contributed by atoms with Crippen LogP contribution in [0.4, 0.5) is 0 Å². The number of hydrogen-bond donors (Lipinski definition) is 1. The van der Waals surface area contributed by atoms with Gasteiger partial charge < -0.3 is 9.84 Å². The quantitative estimate of drug-likeness (QED) is 0.489. The molecule has 0 aromatic rings. The van der Waals surface area contributed by atoms with Crippen LogP contribution in [-0.2, 0) is 19.1 Å². The zero-order chi connectivity index (χ0) is 21.9. The lowest BCUT2D eigenvalue weighted by Crippen LogP contribution is -2.62. The van der Waals surface area contributed by atoms with E-state index in [1.165, 1.54) is 0 Å². The molecule has 3 fully saturated rings. The van der Waals surface area contributed by atoms with E-state index in [0.717, 1.165) is 24.8 Å². The van der Waals surface area contributed by atoms with Crippen LogP contribution in [0.1, 0.15) is 59.3 Å². The van der Waals surface area contributed by atoms with Crippen molar-refractivity contribution in [3.05, 3.63) is 23.8 Å². The number of esters is 1. The smallest absolute Gasteiger partial charge is 0.306 e. The molecule has 0 spiro atoms. The topological polar surface area (TPSA) is 80.7 Å². The molecule has 0 aromatic carbocycles. The van der Waals surface area contributed by atoms with Crippen LogP contribution in [0.2, 0.25) is 0 Å². The number of allylic oxidation sites excluding steroid dienone is 4.